The number of H-pyrrole nitrogens is 2. The number of halogens is 4. The van der Waals surface area contributed by atoms with E-state index in [9.17, 15) is 14.7 Å². The molecule has 0 radical (unpaired) electrons. The molecule has 5 atom stereocenters. The average Bonchev–Trinajstić information content (AvgIpc) is 3.62. The lowest BCUT2D eigenvalue weighted by Gasteiger charge is -2.35. The number of hydrogen-bond acceptors (Lipinski definition) is 8. The number of imidazole rings is 1. The van der Waals surface area contributed by atoms with Crippen LogP contribution in [0.5, 0.6) is 0 Å². The molecule has 0 saturated heterocycles. The number of hydrogen-bond donors (Lipinski definition) is 8. The van der Waals surface area contributed by atoms with Crippen molar-refractivity contribution in [2.75, 3.05) is 12.3 Å². The van der Waals surface area contributed by atoms with E-state index in [1.165, 1.54) is 0 Å². The van der Waals surface area contributed by atoms with Crippen LogP contribution in [0.4, 0.5) is 5.95 Å². The maximum absolute atomic E-state index is 13.0. The number of nitrogens with zero attached hydrogens (tertiary/aromatic N) is 3. The van der Waals surface area contributed by atoms with Crippen molar-refractivity contribution in [1.29, 1.82) is 0 Å². The molecule has 2 amide bonds. The quantitative estimate of drug-likeness (QED) is 0.174. The van der Waals surface area contributed by atoms with Crippen LogP contribution in [-0.4, -0.2) is 66.8 Å². The van der Waals surface area contributed by atoms with Gasteiger partial charge in [-0.15, -0.1) is 0 Å². The Balaban J connectivity index is 1.30. The highest BCUT2D eigenvalue weighted by molar-refractivity contribution is 9.13. The van der Waals surface area contributed by atoms with Crippen LogP contribution < -0.4 is 27.4 Å². The van der Waals surface area contributed by atoms with Gasteiger partial charge in [0.2, 0.25) is 0 Å². The Morgan fingerprint density at radius 2 is 1.95 bits per heavy atom. The van der Waals surface area contributed by atoms with Gasteiger partial charge in [-0.25, -0.2) is 9.98 Å². The van der Waals surface area contributed by atoms with Crippen molar-refractivity contribution in [3.05, 3.63) is 53.1 Å². The topological polar surface area (TPSA) is 204 Å². The first-order valence-corrected chi connectivity index (χ1v) is 15.0. The van der Waals surface area contributed by atoms with Gasteiger partial charge < -0.3 is 47.1 Å². The summed E-state index contributed by atoms with van der Waals surface area (Å²) < 4.78 is 4.65. The number of guanidine groups is 1. The van der Waals surface area contributed by atoms with Gasteiger partial charge in [-0.05, 0) is 88.7 Å². The zero-order valence-corrected chi connectivity index (χ0v) is 26.2. The largest absolute Gasteiger partial charge is 0.370 e. The van der Waals surface area contributed by atoms with Gasteiger partial charge in [-0.3, -0.25) is 9.59 Å². The molecule has 10 N–H and O–H groups in total. The Kier molecular flexibility index (Phi) is 6.64. The molecular formula is C22H22Br4N10O3. The summed E-state index contributed by atoms with van der Waals surface area (Å²) in [6.45, 7) is 0.389. The molecule has 0 unspecified atom stereocenters. The smallest absolute Gasteiger partial charge is 0.268 e. The third kappa shape index (κ3) is 4.24. The van der Waals surface area contributed by atoms with Crippen molar-refractivity contribution >= 4 is 87.4 Å². The van der Waals surface area contributed by atoms with Crippen LogP contribution in [-0.2, 0) is 6.42 Å². The molecule has 6 rings (SSSR count). The monoisotopic (exact) mass is 790 g/mol. The summed E-state index contributed by atoms with van der Waals surface area (Å²) in [5.41, 5.74) is 12.6. The van der Waals surface area contributed by atoms with Gasteiger partial charge in [0.15, 0.2) is 17.6 Å². The molecule has 2 aliphatic heterocycles. The fraction of sp³-hybridized carbons (Fsp3) is 0.364. The molecule has 0 spiro atoms. The van der Waals surface area contributed by atoms with E-state index in [1.807, 2.05) is 4.57 Å². The van der Waals surface area contributed by atoms with Crippen LogP contribution in [0.2, 0.25) is 0 Å². The number of carbonyl (C=O) groups excluding carboxylic acids is 2. The van der Waals surface area contributed by atoms with Crippen molar-refractivity contribution in [2.45, 2.75) is 42.6 Å². The van der Waals surface area contributed by atoms with Gasteiger partial charge in [0.25, 0.3) is 11.8 Å². The van der Waals surface area contributed by atoms with Crippen LogP contribution in [0, 0.1) is 0 Å². The Labute approximate surface area is 254 Å². The molecule has 13 nitrogen and oxygen atoms in total. The highest BCUT2D eigenvalue weighted by atomic mass is 79.9. The van der Waals surface area contributed by atoms with Crippen molar-refractivity contribution in [2.24, 2.45) is 10.7 Å². The van der Waals surface area contributed by atoms with Crippen molar-refractivity contribution < 1.29 is 14.7 Å². The van der Waals surface area contributed by atoms with Crippen molar-refractivity contribution in [3.8, 4) is 0 Å². The predicted molar refractivity (Wildman–Crippen MR) is 156 cm³/mol. The zero-order chi connectivity index (χ0) is 27.8. The van der Waals surface area contributed by atoms with E-state index in [1.54, 1.807) is 12.1 Å². The summed E-state index contributed by atoms with van der Waals surface area (Å²) in [4.78, 5) is 40.6. The lowest BCUT2D eigenvalue weighted by molar-refractivity contribution is 0.00378. The van der Waals surface area contributed by atoms with Gasteiger partial charge >= 0.3 is 0 Å². The third-order valence-electron chi connectivity index (χ3n) is 7.32. The van der Waals surface area contributed by atoms with Gasteiger partial charge in [0.05, 0.1) is 41.8 Å². The lowest BCUT2D eigenvalue weighted by Crippen LogP contribution is -2.55. The van der Waals surface area contributed by atoms with E-state index >= 15 is 0 Å². The SMILES string of the molecule is NC1=N[C@H]2[C@@H]3NC(=O)c4cc(Br)c(Br)n4[C@@H]3[C@@H](c3nc(N)[nH]c3CCCNC(=O)c3cc(Br)c(Br)[nH]3)[C@@]2(O)N1. The van der Waals surface area contributed by atoms with E-state index in [2.05, 4.69) is 99.6 Å². The minimum atomic E-state index is -1.64. The number of aryl methyl sites for hydroxylation is 1. The van der Waals surface area contributed by atoms with Crippen molar-refractivity contribution in [1.82, 2.24) is 35.5 Å². The summed E-state index contributed by atoms with van der Waals surface area (Å²) in [6, 6.07) is 1.61. The Morgan fingerprint density at radius 3 is 2.67 bits per heavy atom. The summed E-state index contributed by atoms with van der Waals surface area (Å²) in [6.07, 6.45) is 1.05. The maximum atomic E-state index is 13.0. The molecule has 1 fully saturated rings. The molecular weight excluding hydrogens is 772 g/mol. The second kappa shape index (κ2) is 9.64. The third-order valence-corrected chi connectivity index (χ3v) is 11.1. The van der Waals surface area contributed by atoms with Crippen LogP contribution >= 0.6 is 63.7 Å². The Bertz CT molecular complexity index is 1530. The molecule has 39 heavy (non-hydrogen) atoms. The lowest BCUT2D eigenvalue weighted by atomic mass is 9.89. The summed E-state index contributed by atoms with van der Waals surface area (Å²) in [7, 11) is 0. The summed E-state index contributed by atoms with van der Waals surface area (Å²) >= 11 is 13.8. The molecule has 3 aliphatic rings. The van der Waals surface area contributed by atoms with E-state index in [4.69, 9.17) is 11.5 Å². The number of nitrogen functional groups attached to an aromatic ring is 1. The van der Waals surface area contributed by atoms with E-state index in [-0.39, 0.29) is 23.7 Å². The molecule has 0 bridgehead atoms. The van der Waals surface area contributed by atoms with E-state index in [0.717, 1.165) is 4.47 Å². The molecule has 17 heteroatoms. The first-order valence-electron chi connectivity index (χ1n) is 11.9. The maximum Gasteiger partial charge on any atom is 0.268 e. The first kappa shape index (κ1) is 26.9. The van der Waals surface area contributed by atoms with Crippen LogP contribution in [0.3, 0.4) is 0 Å². The molecule has 5 heterocycles. The number of carbonyl (C=O) groups is 2. The first-order chi connectivity index (χ1) is 18.5. The highest BCUT2D eigenvalue weighted by Crippen LogP contribution is 2.54. The number of nitrogens with one attached hydrogen (secondary N) is 5. The standard InChI is InChI=1S/C22H22Br4N10O3/c23-6-4-9(30-16(6)25)18(37)29-3-1-2-8-12(33-20(27)31-8)11-14-13(15-22(11,39)35-21(28)34-15)32-19(38)10-5-7(24)17(26)36(10)14/h4-5,11,13-15,30,39H,1-3H2,(H,29,37)(H,32,38)(H3,27,31,33)(H3,28,34,35)/t11-,13-,14-,15+,22+/m1/s1. The van der Waals surface area contributed by atoms with Crippen molar-refractivity contribution in [3.63, 3.8) is 0 Å². The zero-order valence-electron chi connectivity index (χ0n) is 19.9. The van der Waals surface area contributed by atoms with Gasteiger partial charge in [-0.1, -0.05) is 0 Å². The molecule has 206 valence electrons. The molecule has 1 aliphatic carbocycles. The Hall–Kier alpha value is -2.34. The second-order valence-electron chi connectivity index (χ2n) is 9.61. The number of anilines is 1. The molecule has 3 aromatic rings. The fourth-order valence-electron chi connectivity index (χ4n) is 5.82. The van der Waals surface area contributed by atoms with Crippen LogP contribution in [0.1, 0.15) is 50.7 Å². The number of amides is 2. The number of aliphatic hydroxyl groups is 1. The minimum absolute atomic E-state index is 0.0779. The van der Waals surface area contributed by atoms with Gasteiger partial charge in [0, 0.05) is 12.2 Å². The number of aromatic nitrogens is 4. The Morgan fingerprint density at radius 1 is 1.18 bits per heavy atom. The molecule has 1 saturated carbocycles. The fourth-order valence-corrected chi connectivity index (χ4v) is 7.42. The number of aliphatic imine (C=N–C) groups is 1. The van der Waals surface area contributed by atoms with Crippen LogP contribution in [0.15, 0.2) is 35.3 Å². The molecule has 3 aromatic heterocycles. The number of fused-ring (bicyclic) bond motifs is 5. The number of nitrogens with two attached hydrogens (primary N) is 2. The molecule has 0 aromatic carbocycles. The minimum Gasteiger partial charge on any atom is -0.370 e. The summed E-state index contributed by atoms with van der Waals surface area (Å²) in [5, 5.41) is 20.9. The van der Waals surface area contributed by atoms with Crippen LogP contribution in [0.25, 0.3) is 0 Å². The summed E-state index contributed by atoms with van der Waals surface area (Å²) in [5.74, 6) is -0.954. The number of rotatable bonds is 6. The van der Waals surface area contributed by atoms with Gasteiger partial charge in [0.1, 0.15) is 17.4 Å². The van der Waals surface area contributed by atoms with E-state index < -0.39 is 29.8 Å². The predicted octanol–water partition coefficient (Wildman–Crippen LogP) is 1.96. The van der Waals surface area contributed by atoms with Gasteiger partial charge in [-0.2, -0.15) is 0 Å². The average molecular weight is 794 g/mol. The normalized spacial score (nSPS) is 26.9. The number of aromatic amines is 2. The second-order valence-corrected chi connectivity index (χ2v) is 12.9. The highest BCUT2D eigenvalue weighted by Gasteiger charge is 2.67. The van der Waals surface area contributed by atoms with E-state index in [0.29, 0.717) is 55.8 Å².